The third kappa shape index (κ3) is 2.03. The lowest BCUT2D eigenvalue weighted by molar-refractivity contribution is -0.0829. The predicted molar refractivity (Wildman–Crippen MR) is 75.9 cm³/mol. The topological polar surface area (TPSA) is 62.6 Å². The summed E-state index contributed by atoms with van der Waals surface area (Å²) in [6.07, 6.45) is 5.51. The lowest BCUT2D eigenvalue weighted by Gasteiger charge is -2.50. The molecule has 1 atom stereocenters. The van der Waals surface area contributed by atoms with Crippen molar-refractivity contribution in [3.05, 3.63) is 17.5 Å². The zero-order chi connectivity index (χ0) is 13.6. The number of halogens is 1. The quantitative estimate of drug-likeness (QED) is 0.848. The van der Waals surface area contributed by atoms with Gasteiger partial charge in [0, 0.05) is 12.5 Å². The molecule has 7 heteroatoms. The molecule has 0 aliphatic carbocycles. The Morgan fingerprint density at radius 3 is 2.80 bits per heavy atom. The lowest BCUT2D eigenvalue weighted by Crippen LogP contribution is -2.61. The SMILES string of the molecule is Clc1cnc(NC2=NCC3(CN4CCC3CC4)O2)cn1. The van der Waals surface area contributed by atoms with Crippen LogP contribution in [-0.2, 0) is 4.74 Å². The summed E-state index contributed by atoms with van der Waals surface area (Å²) in [4.78, 5) is 15.1. The number of hydrogen-bond donors (Lipinski definition) is 1. The molecule has 1 unspecified atom stereocenters. The summed E-state index contributed by atoms with van der Waals surface area (Å²) in [5.74, 6) is 1.22. The molecule has 6 nitrogen and oxygen atoms in total. The molecule has 3 saturated heterocycles. The Morgan fingerprint density at radius 1 is 1.30 bits per heavy atom. The molecule has 1 aromatic rings. The van der Waals surface area contributed by atoms with Gasteiger partial charge in [0.05, 0.1) is 18.9 Å². The van der Waals surface area contributed by atoms with Gasteiger partial charge >= 0.3 is 0 Å². The van der Waals surface area contributed by atoms with E-state index >= 15 is 0 Å². The van der Waals surface area contributed by atoms with Gasteiger partial charge < -0.3 is 4.74 Å². The van der Waals surface area contributed by atoms with Crippen molar-refractivity contribution in [2.24, 2.45) is 10.9 Å². The molecule has 0 saturated carbocycles. The minimum Gasteiger partial charge on any atom is -0.455 e. The van der Waals surface area contributed by atoms with Gasteiger partial charge in [-0.15, -0.1) is 0 Å². The largest absolute Gasteiger partial charge is 0.455 e. The molecule has 2 bridgehead atoms. The number of rotatable bonds is 1. The summed E-state index contributed by atoms with van der Waals surface area (Å²) in [5.41, 5.74) is -0.126. The molecule has 1 N–H and O–H groups in total. The fraction of sp³-hybridized carbons (Fsp3) is 0.615. The second-order valence-electron chi connectivity index (χ2n) is 5.69. The Kier molecular flexibility index (Phi) is 2.82. The summed E-state index contributed by atoms with van der Waals surface area (Å²) in [6.45, 7) is 4.11. The number of ether oxygens (including phenoxy) is 1. The van der Waals surface area contributed by atoms with Gasteiger partial charge in [-0.05, 0) is 25.9 Å². The molecule has 0 amide bonds. The van der Waals surface area contributed by atoms with E-state index in [2.05, 4.69) is 25.2 Å². The minimum absolute atomic E-state index is 0.126. The maximum atomic E-state index is 6.15. The third-order valence-electron chi connectivity index (χ3n) is 4.47. The van der Waals surface area contributed by atoms with Gasteiger partial charge in [0.25, 0.3) is 6.02 Å². The van der Waals surface area contributed by atoms with E-state index in [0.717, 1.165) is 13.1 Å². The smallest absolute Gasteiger partial charge is 0.291 e. The molecule has 5 rings (SSSR count). The molecule has 20 heavy (non-hydrogen) atoms. The molecule has 0 aromatic carbocycles. The highest BCUT2D eigenvalue weighted by Gasteiger charge is 2.51. The molecular weight excluding hydrogens is 278 g/mol. The fourth-order valence-corrected chi connectivity index (χ4v) is 3.53. The van der Waals surface area contributed by atoms with E-state index in [1.807, 2.05) is 0 Å². The van der Waals surface area contributed by atoms with Crippen molar-refractivity contribution in [1.82, 2.24) is 14.9 Å². The highest BCUT2D eigenvalue weighted by Crippen LogP contribution is 2.40. The van der Waals surface area contributed by atoms with Crippen LogP contribution in [0.2, 0.25) is 5.15 Å². The third-order valence-corrected chi connectivity index (χ3v) is 4.66. The van der Waals surface area contributed by atoms with Crippen LogP contribution in [0.5, 0.6) is 0 Å². The van der Waals surface area contributed by atoms with Crippen molar-refractivity contribution in [1.29, 1.82) is 0 Å². The minimum atomic E-state index is -0.126. The average molecular weight is 294 g/mol. The Balaban J connectivity index is 1.46. The van der Waals surface area contributed by atoms with Crippen LogP contribution in [0.25, 0.3) is 0 Å². The first-order valence-corrected chi connectivity index (χ1v) is 7.32. The summed E-state index contributed by atoms with van der Waals surface area (Å²) in [7, 11) is 0. The lowest BCUT2D eigenvalue weighted by atomic mass is 9.75. The van der Waals surface area contributed by atoms with Crippen molar-refractivity contribution < 1.29 is 4.74 Å². The Hall–Kier alpha value is -1.40. The number of piperidine rings is 3. The van der Waals surface area contributed by atoms with Gasteiger partial charge in [0.1, 0.15) is 10.8 Å². The fourth-order valence-electron chi connectivity index (χ4n) is 3.43. The van der Waals surface area contributed by atoms with Crippen molar-refractivity contribution in [3.8, 4) is 0 Å². The van der Waals surface area contributed by atoms with Crippen molar-refractivity contribution in [2.75, 3.05) is 31.5 Å². The van der Waals surface area contributed by atoms with Crippen LogP contribution in [0, 0.1) is 5.92 Å². The number of nitrogens with zero attached hydrogens (tertiary/aromatic N) is 4. The van der Waals surface area contributed by atoms with Gasteiger partial charge in [-0.3, -0.25) is 10.2 Å². The molecule has 1 aromatic heterocycles. The van der Waals surface area contributed by atoms with E-state index in [9.17, 15) is 0 Å². The summed E-state index contributed by atoms with van der Waals surface area (Å²) < 4.78 is 6.15. The number of anilines is 1. The maximum absolute atomic E-state index is 6.15. The Morgan fingerprint density at radius 2 is 2.15 bits per heavy atom. The van der Waals surface area contributed by atoms with Gasteiger partial charge in [-0.25, -0.2) is 15.0 Å². The highest BCUT2D eigenvalue weighted by atomic mass is 35.5. The molecule has 5 heterocycles. The summed E-state index contributed by atoms with van der Waals surface area (Å²) in [5, 5.41) is 3.45. The molecule has 4 aliphatic rings. The zero-order valence-corrected chi connectivity index (χ0v) is 11.8. The first-order valence-electron chi connectivity index (χ1n) is 6.94. The second-order valence-corrected chi connectivity index (χ2v) is 6.08. The van der Waals surface area contributed by atoms with Crippen LogP contribution in [0.3, 0.4) is 0 Å². The standard InChI is InChI=1S/C13H16ClN5O/c14-10-5-16-11(6-15-10)18-12-17-7-13(20-12)8-19-3-1-9(13)2-4-19/h5-6,9H,1-4,7-8H2,(H,16,17,18). The van der Waals surface area contributed by atoms with Gasteiger partial charge in [0.15, 0.2) is 5.82 Å². The van der Waals surface area contributed by atoms with E-state index < -0.39 is 0 Å². The first-order chi connectivity index (χ1) is 9.73. The molecule has 4 aliphatic heterocycles. The van der Waals surface area contributed by atoms with E-state index in [-0.39, 0.29) is 5.60 Å². The number of hydrogen-bond acceptors (Lipinski definition) is 6. The second kappa shape index (κ2) is 4.56. The zero-order valence-electron chi connectivity index (χ0n) is 11.0. The van der Waals surface area contributed by atoms with Crippen LogP contribution in [0.15, 0.2) is 17.4 Å². The monoisotopic (exact) mass is 293 g/mol. The number of amidine groups is 1. The maximum Gasteiger partial charge on any atom is 0.291 e. The summed E-state index contributed by atoms with van der Waals surface area (Å²) >= 11 is 5.72. The van der Waals surface area contributed by atoms with Crippen LogP contribution < -0.4 is 5.32 Å². The molecular formula is C13H16ClN5O. The van der Waals surface area contributed by atoms with Crippen molar-refractivity contribution in [3.63, 3.8) is 0 Å². The van der Waals surface area contributed by atoms with Crippen LogP contribution in [-0.4, -0.2) is 52.7 Å². The van der Waals surface area contributed by atoms with Crippen molar-refractivity contribution >= 4 is 23.4 Å². The van der Waals surface area contributed by atoms with Gasteiger partial charge in [-0.1, -0.05) is 11.6 Å². The summed E-state index contributed by atoms with van der Waals surface area (Å²) in [6, 6.07) is 0.551. The highest BCUT2D eigenvalue weighted by molar-refractivity contribution is 6.29. The molecule has 3 fully saturated rings. The number of aromatic nitrogens is 2. The average Bonchev–Trinajstić information content (AvgIpc) is 2.85. The predicted octanol–water partition coefficient (Wildman–Crippen LogP) is 1.39. The molecule has 1 spiro atoms. The Labute approximate surface area is 122 Å². The molecule has 0 radical (unpaired) electrons. The van der Waals surface area contributed by atoms with E-state index in [1.54, 1.807) is 6.20 Å². The Bertz CT molecular complexity index is 540. The van der Waals surface area contributed by atoms with Crippen LogP contribution in [0.4, 0.5) is 5.82 Å². The van der Waals surface area contributed by atoms with Gasteiger partial charge in [-0.2, -0.15) is 0 Å². The van der Waals surface area contributed by atoms with E-state index in [1.165, 1.54) is 32.1 Å². The normalized spacial score (nSPS) is 35.0. The number of nitrogens with one attached hydrogen (secondary N) is 1. The van der Waals surface area contributed by atoms with Crippen molar-refractivity contribution in [2.45, 2.75) is 18.4 Å². The first kappa shape index (κ1) is 12.3. The van der Waals surface area contributed by atoms with E-state index in [0.29, 0.717) is 22.9 Å². The van der Waals surface area contributed by atoms with Crippen LogP contribution in [0.1, 0.15) is 12.8 Å². The number of aliphatic imine (C=N–C) groups is 1. The molecule has 106 valence electrons. The van der Waals surface area contributed by atoms with Gasteiger partial charge in [0.2, 0.25) is 0 Å². The number of fused-ring (bicyclic) bond motifs is 2. The van der Waals surface area contributed by atoms with Crippen LogP contribution >= 0.6 is 11.6 Å². The van der Waals surface area contributed by atoms with E-state index in [4.69, 9.17) is 16.3 Å².